The van der Waals surface area contributed by atoms with Crippen LogP contribution < -0.4 is 0 Å². The van der Waals surface area contributed by atoms with Crippen molar-refractivity contribution in [2.24, 2.45) is 0 Å². The predicted octanol–water partition coefficient (Wildman–Crippen LogP) is 12.0. The van der Waals surface area contributed by atoms with E-state index in [9.17, 15) is 4.11 Å². The molecule has 8 aromatic carbocycles. The van der Waals surface area contributed by atoms with E-state index >= 15 is 0 Å². The number of fused-ring (bicyclic) bond motifs is 7. The third kappa shape index (κ3) is 3.65. The van der Waals surface area contributed by atoms with Gasteiger partial charge in [0.2, 0.25) is 0 Å². The second kappa shape index (κ2) is 9.44. The Morgan fingerprint density at radius 3 is 1.77 bits per heavy atom. The summed E-state index contributed by atoms with van der Waals surface area (Å²) in [6.07, 6.45) is 0. The summed E-state index contributed by atoms with van der Waals surface area (Å²) in [4.78, 5) is 0. The lowest BCUT2D eigenvalue weighted by molar-refractivity contribution is 0.673. The molecule has 0 spiro atoms. The van der Waals surface area contributed by atoms with Crippen LogP contribution in [0, 0.1) is 0 Å². The van der Waals surface area contributed by atoms with E-state index in [1.807, 2.05) is 42.5 Å². The van der Waals surface area contributed by atoms with Gasteiger partial charge < -0.3 is 4.42 Å². The van der Waals surface area contributed by atoms with E-state index in [0.29, 0.717) is 43.8 Å². The van der Waals surface area contributed by atoms with Gasteiger partial charge in [-0.15, -0.1) is 0 Å². The highest BCUT2D eigenvalue weighted by Gasteiger charge is 2.19. The number of furan rings is 1. The van der Waals surface area contributed by atoms with Crippen LogP contribution in [0.4, 0.5) is 0 Å². The Bertz CT molecular complexity index is 3210. The largest absolute Gasteiger partial charge is 0.455 e. The molecule has 0 amide bonds. The molecule has 0 radical (unpaired) electrons. The first kappa shape index (κ1) is 14.0. The van der Waals surface area contributed by atoms with Crippen LogP contribution in [-0.2, 0) is 0 Å². The van der Waals surface area contributed by atoms with Gasteiger partial charge in [-0.05, 0) is 78.4 Å². The Morgan fingerprint density at radius 1 is 0.419 bits per heavy atom. The van der Waals surface area contributed by atoms with Crippen molar-refractivity contribution < 1.29 is 23.6 Å². The number of benzene rings is 8. The van der Waals surface area contributed by atoms with Crippen LogP contribution in [0.5, 0.6) is 0 Å². The number of rotatable bonds is 3. The van der Waals surface area contributed by atoms with Crippen LogP contribution in [0.15, 0.2) is 162 Å². The Kier molecular flexibility index (Phi) is 3.07. The van der Waals surface area contributed by atoms with Gasteiger partial charge in [0, 0.05) is 16.2 Å². The molecule has 0 saturated carbocycles. The zero-order valence-electron chi connectivity index (χ0n) is 36.3. The van der Waals surface area contributed by atoms with Crippen LogP contribution in [0.3, 0.4) is 0 Å². The van der Waals surface area contributed by atoms with Crippen molar-refractivity contribution in [2.45, 2.75) is 0 Å². The molecule has 1 heterocycles. The van der Waals surface area contributed by atoms with Gasteiger partial charge in [-0.1, -0.05) is 139 Å². The lowest BCUT2D eigenvalue weighted by Gasteiger charge is -2.19. The molecule has 0 bridgehead atoms. The van der Waals surface area contributed by atoms with E-state index in [1.165, 1.54) is 0 Å². The normalized spacial score (nSPS) is 16.3. The molecule has 0 atom stereocenters. The van der Waals surface area contributed by atoms with E-state index in [2.05, 4.69) is 0 Å². The summed E-state index contributed by atoms with van der Waals surface area (Å²) in [6, 6.07) is 15.3. The predicted molar refractivity (Wildman–Crippen MR) is 183 cm³/mol. The third-order valence-corrected chi connectivity index (χ3v) is 7.83. The van der Waals surface area contributed by atoms with Gasteiger partial charge >= 0.3 is 0 Å². The maximum absolute atomic E-state index is 9.62. The van der Waals surface area contributed by atoms with E-state index in [1.54, 1.807) is 30.3 Å². The summed E-state index contributed by atoms with van der Waals surface area (Å²) in [5.41, 5.74) is 1.78. The molecule has 0 aliphatic heterocycles. The molecule has 1 heteroatoms. The van der Waals surface area contributed by atoms with Gasteiger partial charge in [-0.2, -0.15) is 0 Å². The van der Waals surface area contributed by atoms with E-state index < -0.39 is 60.4 Å². The van der Waals surface area contributed by atoms with Crippen molar-refractivity contribution in [2.75, 3.05) is 0 Å². The molecule has 0 unspecified atom stereocenters. The third-order valence-electron chi connectivity index (χ3n) is 7.83. The summed E-state index contributed by atoms with van der Waals surface area (Å²) in [5.74, 6) is 0. The summed E-state index contributed by atoms with van der Waals surface area (Å²) >= 11 is 0. The SMILES string of the molecule is [2H]c1c([2H])c([2H])c(-c2ccccc2-c2c3ccccc3c(-c3c([2H])c([2H])c4c(oc5c6c([2H])c([2H])c([2H])c([2H])c6c([2H])c([2H])c54)c3[2H])c3ccccc23)c([2H])c1[2H]. The Hall–Kier alpha value is -5.66. The Morgan fingerprint density at radius 2 is 1.02 bits per heavy atom. The molecule has 0 aliphatic rings. The Balaban J connectivity index is 1.42. The lowest BCUT2D eigenvalue weighted by Crippen LogP contribution is -1.92. The van der Waals surface area contributed by atoms with Crippen molar-refractivity contribution in [1.82, 2.24) is 0 Å². The minimum absolute atomic E-state index is 0.0342. The minimum Gasteiger partial charge on any atom is -0.455 e. The monoisotopic (exact) mass is 560 g/mol. The average molecular weight is 561 g/mol. The van der Waals surface area contributed by atoms with Gasteiger partial charge in [-0.3, -0.25) is 0 Å². The zero-order chi connectivity index (χ0) is 40.5. The first-order valence-electron chi connectivity index (χ1n) is 20.6. The zero-order valence-corrected chi connectivity index (χ0v) is 22.3. The van der Waals surface area contributed by atoms with Gasteiger partial charge in [0.05, 0.1) is 19.2 Å². The maximum atomic E-state index is 9.62. The quantitative estimate of drug-likeness (QED) is 0.196. The average Bonchev–Trinajstić information content (AvgIpc) is 3.62. The van der Waals surface area contributed by atoms with Crippen molar-refractivity contribution in [3.63, 3.8) is 0 Å². The highest BCUT2D eigenvalue weighted by molar-refractivity contribution is 6.23. The van der Waals surface area contributed by atoms with Crippen LogP contribution >= 0.6 is 0 Å². The Labute approximate surface area is 268 Å². The highest BCUT2D eigenvalue weighted by Crippen LogP contribution is 2.46. The second-order valence-electron chi connectivity index (χ2n) is 10.1. The van der Waals surface area contributed by atoms with E-state index in [0.717, 1.165) is 0 Å². The number of hydrogen-bond donors (Lipinski definition) is 0. The fourth-order valence-corrected chi connectivity index (χ4v) is 6.02. The molecule has 0 N–H and O–H groups in total. The highest BCUT2D eigenvalue weighted by atomic mass is 16.3. The first-order chi connectivity index (χ1) is 27.2. The molecular formula is C42H26O. The molecule has 43 heavy (non-hydrogen) atoms. The summed E-state index contributed by atoms with van der Waals surface area (Å²) in [5, 5.41) is 1.89. The fourth-order valence-electron chi connectivity index (χ4n) is 6.02. The van der Waals surface area contributed by atoms with Crippen LogP contribution in [0.2, 0.25) is 0 Å². The molecule has 200 valence electrons. The smallest absolute Gasteiger partial charge is 0.143 e. The van der Waals surface area contributed by atoms with Gasteiger partial charge in [0.25, 0.3) is 0 Å². The molecule has 1 nitrogen and oxygen atoms in total. The van der Waals surface area contributed by atoms with Gasteiger partial charge in [-0.25, -0.2) is 0 Å². The molecule has 1 aromatic heterocycles. The molecule has 0 aliphatic carbocycles. The van der Waals surface area contributed by atoms with Crippen molar-refractivity contribution >= 4 is 54.3 Å². The van der Waals surface area contributed by atoms with Crippen LogP contribution in [0.25, 0.3) is 87.6 Å². The molecule has 0 saturated heterocycles. The number of hydrogen-bond acceptors (Lipinski definition) is 1. The first-order valence-corrected chi connectivity index (χ1v) is 13.6. The van der Waals surface area contributed by atoms with Gasteiger partial charge in [0.15, 0.2) is 0 Å². The van der Waals surface area contributed by atoms with Crippen molar-refractivity contribution in [3.05, 3.63) is 157 Å². The maximum Gasteiger partial charge on any atom is 0.143 e. The van der Waals surface area contributed by atoms with E-state index in [-0.39, 0.29) is 68.0 Å². The molecule has 9 aromatic rings. The van der Waals surface area contributed by atoms with Crippen LogP contribution in [-0.4, -0.2) is 0 Å². The molecule has 9 rings (SSSR count). The van der Waals surface area contributed by atoms with E-state index in [4.69, 9.17) is 19.5 Å². The van der Waals surface area contributed by atoms with Gasteiger partial charge in [0.1, 0.15) is 11.2 Å². The summed E-state index contributed by atoms with van der Waals surface area (Å²) in [6.45, 7) is 0. The lowest BCUT2D eigenvalue weighted by atomic mass is 9.84. The standard InChI is InChI=1S/C42H26O/c1-2-12-27(13-3-1)30-15-6-7-17-33(30)41-36-20-10-8-18-34(36)40(35-19-9-11-21-37(35)41)29-23-24-32-38-25-22-28-14-4-5-16-31(28)42(38)43-39(32)26-29/h1-26H/i1D,2D,3D,4D,5D,12D,13D,14D,16D,22D,23D,24D,25D,26D. The molecular weight excluding hydrogens is 520 g/mol. The van der Waals surface area contributed by atoms with Crippen LogP contribution in [0.1, 0.15) is 19.2 Å². The van der Waals surface area contributed by atoms with Crippen molar-refractivity contribution in [3.8, 4) is 33.4 Å². The topological polar surface area (TPSA) is 13.1 Å². The summed E-state index contributed by atoms with van der Waals surface area (Å²) in [7, 11) is 0. The summed E-state index contributed by atoms with van der Waals surface area (Å²) < 4.78 is 129. The van der Waals surface area contributed by atoms with Crippen molar-refractivity contribution in [1.29, 1.82) is 0 Å². The molecule has 0 fully saturated rings. The second-order valence-corrected chi connectivity index (χ2v) is 10.1. The fraction of sp³-hybridized carbons (Fsp3) is 0. The minimum atomic E-state index is -0.577.